The number of aromatic nitrogens is 3. The van der Waals surface area contributed by atoms with Crippen molar-refractivity contribution in [2.45, 2.75) is 105 Å². The summed E-state index contributed by atoms with van der Waals surface area (Å²) >= 11 is 5.81. The molecule has 0 fully saturated rings. The van der Waals surface area contributed by atoms with Gasteiger partial charge in [-0.1, -0.05) is 80.0 Å². The Morgan fingerprint density at radius 3 is 1.48 bits per heavy atom. The fourth-order valence-electron chi connectivity index (χ4n) is 3.55. The van der Waals surface area contributed by atoms with E-state index in [0.717, 1.165) is 23.6 Å². The summed E-state index contributed by atoms with van der Waals surface area (Å²) in [4.78, 5) is 12.3. The number of hydrogen-bond acceptors (Lipinski definition) is 8. The summed E-state index contributed by atoms with van der Waals surface area (Å²) in [6, 6.07) is 5.66. The van der Waals surface area contributed by atoms with Crippen LogP contribution in [0, 0.1) is 6.92 Å². The molecule has 0 saturated heterocycles. The van der Waals surface area contributed by atoms with Crippen LogP contribution in [0.15, 0.2) is 43.0 Å². The molecule has 0 aliphatic heterocycles. The maximum absolute atomic E-state index is 11.4. The number of halogens is 1. The molecule has 3 heterocycles. The second kappa shape index (κ2) is 15.8. The normalized spacial score (nSPS) is 12.3. The average Bonchev–Trinajstić information content (AvgIpc) is 2.83. The molecular formula is C33H52ClN5O5S2. The Balaban J connectivity index is 0.000000357. The summed E-state index contributed by atoms with van der Waals surface area (Å²) in [6.07, 6.45) is 9.29. The van der Waals surface area contributed by atoms with Crippen molar-refractivity contribution in [1.29, 1.82) is 0 Å². The van der Waals surface area contributed by atoms with Crippen LogP contribution in [0.4, 0.5) is 11.4 Å². The summed E-state index contributed by atoms with van der Waals surface area (Å²) < 4.78 is 55.4. The monoisotopic (exact) mass is 697 g/mol. The quantitative estimate of drug-likeness (QED) is 0.251. The van der Waals surface area contributed by atoms with Gasteiger partial charge >= 0.3 is 0 Å². The summed E-state index contributed by atoms with van der Waals surface area (Å²) in [5.41, 5.74) is 5.09. The smallest absolute Gasteiger partial charge is 0.238 e. The minimum Gasteiger partial charge on any atom is -0.473 e. The molecule has 0 aromatic carbocycles. The zero-order valence-electron chi connectivity index (χ0n) is 29.7. The van der Waals surface area contributed by atoms with Gasteiger partial charge in [0.2, 0.25) is 25.9 Å². The van der Waals surface area contributed by atoms with Crippen LogP contribution in [0.3, 0.4) is 0 Å². The number of nitrogens with one attached hydrogen (secondary N) is 2. The molecule has 0 bridgehead atoms. The highest BCUT2D eigenvalue weighted by Gasteiger charge is 2.20. The third kappa shape index (κ3) is 15.6. The predicted molar refractivity (Wildman–Crippen MR) is 191 cm³/mol. The van der Waals surface area contributed by atoms with E-state index >= 15 is 0 Å². The minimum absolute atomic E-state index is 0.0758. The Hall–Kier alpha value is -2.96. The van der Waals surface area contributed by atoms with Gasteiger partial charge in [-0.15, -0.1) is 0 Å². The number of nitrogens with zero attached hydrogens (tertiary/aromatic N) is 3. The van der Waals surface area contributed by atoms with Gasteiger partial charge in [-0.2, -0.15) is 0 Å². The number of ether oxygens (including phenoxy) is 1. The highest BCUT2D eigenvalue weighted by molar-refractivity contribution is 7.92. The second-order valence-electron chi connectivity index (χ2n) is 14.6. The highest BCUT2D eigenvalue weighted by atomic mass is 35.5. The summed E-state index contributed by atoms with van der Waals surface area (Å²) in [5, 5.41) is 0.151. The lowest BCUT2D eigenvalue weighted by molar-refractivity contribution is 0.234. The molecule has 13 heteroatoms. The lowest BCUT2D eigenvalue weighted by atomic mass is 9.88. The number of rotatable bonds is 6. The van der Waals surface area contributed by atoms with Crippen molar-refractivity contribution < 1.29 is 21.6 Å². The van der Waals surface area contributed by atoms with Crippen molar-refractivity contribution in [2.24, 2.45) is 0 Å². The fraction of sp³-hybridized carbons (Fsp3) is 0.545. The molecule has 0 aliphatic carbocycles. The first-order chi connectivity index (χ1) is 20.6. The maximum Gasteiger partial charge on any atom is 0.238 e. The van der Waals surface area contributed by atoms with Crippen LogP contribution in [0.25, 0.3) is 0 Å². The van der Waals surface area contributed by atoms with E-state index in [1.807, 2.05) is 67.8 Å². The van der Waals surface area contributed by atoms with Crippen LogP contribution in [0.5, 0.6) is 5.88 Å². The fourth-order valence-corrected chi connectivity index (χ4v) is 4.85. The van der Waals surface area contributed by atoms with Crippen molar-refractivity contribution in [3.63, 3.8) is 0 Å². The number of anilines is 2. The molecule has 0 amide bonds. The molecule has 3 rings (SSSR count). The number of aryl methyl sites for hydroxylation is 1. The van der Waals surface area contributed by atoms with Crippen LogP contribution in [0.1, 0.15) is 98.4 Å². The van der Waals surface area contributed by atoms with E-state index in [9.17, 15) is 16.8 Å². The van der Waals surface area contributed by atoms with Gasteiger partial charge in [-0.25, -0.2) is 26.8 Å². The zero-order valence-corrected chi connectivity index (χ0v) is 32.1. The van der Waals surface area contributed by atoms with E-state index in [4.69, 9.17) is 16.3 Å². The van der Waals surface area contributed by atoms with Crippen molar-refractivity contribution in [2.75, 3.05) is 22.0 Å². The lowest BCUT2D eigenvalue weighted by Crippen LogP contribution is -2.17. The Bertz CT molecular complexity index is 1670. The predicted octanol–water partition coefficient (Wildman–Crippen LogP) is 7.63. The molecule has 3 aromatic heterocycles. The van der Waals surface area contributed by atoms with Crippen LogP contribution in [-0.2, 0) is 36.3 Å². The first kappa shape index (κ1) is 41.1. The third-order valence-corrected chi connectivity index (χ3v) is 7.58. The SMILES string of the molecule is CC(C)(C)c1cnc(Cl)c(NS(C)(=O)=O)c1.CC(C)Oc1ncc(C(C)(C)C)cc1NS(C)(=O)=O.Cc1cncc(C(C)(C)C)c1. The van der Waals surface area contributed by atoms with E-state index in [1.54, 1.807) is 24.5 Å². The molecule has 0 atom stereocenters. The topological polar surface area (TPSA) is 140 Å². The van der Waals surface area contributed by atoms with Crippen molar-refractivity contribution in [3.8, 4) is 5.88 Å². The first-order valence-electron chi connectivity index (χ1n) is 14.8. The molecule has 10 nitrogen and oxygen atoms in total. The first-order valence-corrected chi connectivity index (χ1v) is 19.0. The van der Waals surface area contributed by atoms with Crippen LogP contribution < -0.4 is 14.2 Å². The van der Waals surface area contributed by atoms with E-state index in [1.165, 1.54) is 11.1 Å². The van der Waals surface area contributed by atoms with E-state index < -0.39 is 20.0 Å². The van der Waals surface area contributed by atoms with Crippen molar-refractivity contribution in [1.82, 2.24) is 15.0 Å². The van der Waals surface area contributed by atoms with Gasteiger partial charge in [0.25, 0.3) is 0 Å². The molecule has 2 N–H and O–H groups in total. The van der Waals surface area contributed by atoms with Crippen LogP contribution >= 0.6 is 11.6 Å². The molecule has 0 saturated carbocycles. The molecular weight excluding hydrogens is 646 g/mol. The molecule has 3 aromatic rings. The average molecular weight is 698 g/mol. The van der Waals surface area contributed by atoms with Crippen molar-refractivity contribution >= 4 is 43.0 Å². The molecule has 46 heavy (non-hydrogen) atoms. The van der Waals surface area contributed by atoms with Crippen molar-refractivity contribution in [3.05, 3.63) is 70.4 Å². The van der Waals surface area contributed by atoms with E-state index in [-0.39, 0.29) is 27.5 Å². The zero-order chi connectivity index (χ0) is 35.9. The number of sulfonamides is 2. The van der Waals surface area contributed by atoms with Gasteiger partial charge in [-0.3, -0.25) is 14.4 Å². The van der Waals surface area contributed by atoms with Gasteiger partial charge in [0.05, 0.1) is 24.3 Å². The molecule has 0 radical (unpaired) electrons. The summed E-state index contributed by atoms with van der Waals surface area (Å²) in [5.74, 6) is 0.299. The summed E-state index contributed by atoms with van der Waals surface area (Å²) in [7, 11) is -6.70. The molecule has 0 aliphatic rings. The third-order valence-electron chi connectivity index (χ3n) is 6.10. The Morgan fingerprint density at radius 1 is 0.674 bits per heavy atom. The Labute approximate surface area is 282 Å². The largest absolute Gasteiger partial charge is 0.473 e. The second-order valence-corrected chi connectivity index (χ2v) is 18.4. The minimum atomic E-state index is -3.37. The lowest BCUT2D eigenvalue weighted by Gasteiger charge is -2.21. The molecule has 258 valence electrons. The highest BCUT2D eigenvalue weighted by Crippen LogP contribution is 2.31. The standard InChI is InChI=1S/C13H22N2O3S.C10H15ClN2O2S.C10H15N/c1-9(2)18-12-11(15-19(6,16)17)7-10(8-14-12)13(3,4)5;1-10(2,3)7-5-8(9(11)12-6-7)13-16(4,14)15;1-8-5-9(7-11-6-8)10(2,3)4/h7-9,15H,1-6H3;5-6,13H,1-4H3;5-7H,1-4H3. The van der Waals surface area contributed by atoms with E-state index in [0.29, 0.717) is 17.3 Å². The van der Waals surface area contributed by atoms with Gasteiger partial charge in [-0.05, 0) is 71.4 Å². The van der Waals surface area contributed by atoms with Crippen LogP contribution in [-0.4, -0.2) is 50.4 Å². The van der Waals surface area contributed by atoms with Gasteiger partial charge < -0.3 is 4.74 Å². The summed E-state index contributed by atoms with van der Waals surface area (Å²) in [6.45, 7) is 24.6. The molecule has 0 spiro atoms. The Kier molecular flexibility index (Phi) is 14.1. The maximum atomic E-state index is 11.4. The van der Waals surface area contributed by atoms with Gasteiger partial charge in [0.15, 0.2) is 5.15 Å². The van der Waals surface area contributed by atoms with E-state index in [2.05, 4.69) is 58.2 Å². The van der Waals surface area contributed by atoms with Crippen LogP contribution in [0.2, 0.25) is 5.15 Å². The number of pyridine rings is 3. The Morgan fingerprint density at radius 2 is 1.09 bits per heavy atom. The van der Waals surface area contributed by atoms with Gasteiger partial charge in [0, 0.05) is 24.8 Å². The molecule has 0 unspecified atom stereocenters. The number of hydrogen-bond donors (Lipinski definition) is 2. The van der Waals surface area contributed by atoms with Gasteiger partial charge in [0.1, 0.15) is 5.69 Å².